The third kappa shape index (κ3) is 3.65. The van der Waals surface area contributed by atoms with E-state index in [1.165, 1.54) is 0 Å². The van der Waals surface area contributed by atoms with E-state index < -0.39 is 17.6 Å². The molecule has 1 fully saturated rings. The molecule has 0 radical (unpaired) electrons. The molecule has 0 bridgehead atoms. The predicted octanol–water partition coefficient (Wildman–Crippen LogP) is 3.18. The van der Waals surface area contributed by atoms with Crippen LogP contribution in [0.4, 0.5) is 4.79 Å². The first-order valence-corrected chi connectivity index (χ1v) is 8.31. The van der Waals surface area contributed by atoms with Crippen molar-refractivity contribution in [1.82, 2.24) is 10.6 Å². The Morgan fingerprint density at radius 3 is 2.32 bits per heavy atom. The zero-order chi connectivity index (χ0) is 17.9. The van der Waals surface area contributed by atoms with Gasteiger partial charge < -0.3 is 15.4 Å². The van der Waals surface area contributed by atoms with Gasteiger partial charge in [-0.1, -0.05) is 60.7 Å². The minimum Gasteiger partial charge on any atom is -0.445 e. The Bertz CT molecular complexity index is 744. The van der Waals surface area contributed by atoms with E-state index in [1.807, 2.05) is 74.5 Å². The summed E-state index contributed by atoms with van der Waals surface area (Å²) in [5, 5.41) is 5.85. The highest BCUT2D eigenvalue weighted by Gasteiger charge is 2.50. The Kier molecular flexibility index (Phi) is 4.74. The molecule has 25 heavy (non-hydrogen) atoms. The summed E-state index contributed by atoms with van der Waals surface area (Å²) < 4.78 is 5.31. The second kappa shape index (κ2) is 6.97. The number of alkyl carbamates (subject to hydrolysis) is 1. The van der Waals surface area contributed by atoms with Gasteiger partial charge in [-0.15, -0.1) is 0 Å². The number of hydrogen-bond donors (Lipinski definition) is 2. The van der Waals surface area contributed by atoms with Crippen molar-refractivity contribution in [2.24, 2.45) is 5.41 Å². The maximum absolute atomic E-state index is 12.3. The maximum Gasteiger partial charge on any atom is 0.407 e. The average molecular weight is 338 g/mol. The average Bonchev–Trinajstić information content (AvgIpc) is 2.85. The van der Waals surface area contributed by atoms with Gasteiger partial charge in [0.25, 0.3) is 0 Å². The molecule has 0 spiro atoms. The molecule has 2 atom stereocenters. The van der Waals surface area contributed by atoms with Gasteiger partial charge in [0, 0.05) is 0 Å². The van der Waals surface area contributed by atoms with Crippen LogP contribution in [0, 0.1) is 5.41 Å². The minimum absolute atomic E-state index is 0.0882. The molecule has 5 heteroatoms. The van der Waals surface area contributed by atoms with Crippen molar-refractivity contribution in [1.29, 1.82) is 0 Å². The molecule has 2 aromatic rings. The molecule has 0 unspecified atom stereocenters. The van der Waals surface area contributed by atoms with E-state index in [4.69, 9.17) is 4.74 Å². The van der Waals surface area contributed by atoms with Crippen LogP contribution in [-0.2, 0) is 16.1 Å². The van der Waals surface area contributed by atoms with E-state index >= 15 is 0 Å². The molecule has 1 heterocycles. The van der Waals surface area contributed by atoms with Crippen LogP contribution in [0.3, 0.4) is 0 Å². The summed E-state index contributed by atoms with van der Waals surface area (Å²) >= 11 is 0. The Hall–Kier alpha value is -2.82. The van der Waals surface area contributed by atoms with Crippen LogP contribution < -0.4 is 10.6 Å². The molecule has 2 N–H and O–H groups in total. The molecule has 1 saturated heterocycles. The first-order valence-electron chi connectivity index (χ1n) is 8.31. The SMILES string of the molecule is CC1(C)C(=O)N[C@@H](c2ccccc2)[C@@H]1NC(=O)OCc1ccccc1. The van der Waals surface area contributed by atoms with Crippen LogP contribution in [0.1, 0.15) is 31.0 Å². The number of amides is 2. The van der Waals surface area contributed by atoms with E-state index in [0.717, 1.165) is 11.1 Å². The summed E-state index contributed by atoms with van der Waals surface area (Å²) in [6.07, 6.45) is -0.528. The first kappa shape index (κ1) is 17.0. The molecule has 1 aliphatic heterocycles. The van der Waals surface area contributed by atoms with Gasteiger partial charge in [0.15, 0.2) is 0 Å². The van der Waals surface area contributed by atoms with Crippen molar-refractivity contribution in [2.75, 3.05) is 0 Å². The van der Waals surface area contributed by atoms with Gasteiger partial charge >= 0.3 is 6.09 Å². The number of carbonyl (C=O) groups excluding carboxylic acids is 2. The van der Waals surface area contributed by atoms with Crippen molar-refractivity contribution in [3.63, 3.8) is 0 Å². The molecule has 1 aliphatic rings. The fraction of sp³-hybridized carbons (Fsp3) is 0.300. The lowest BCUT2D eigenvalue weighted by Crippen LogP contribution is -2.46. The quantitative estimate of drug-likeness (QED) is 0.900. The van der Waals surface area contributed by atoms with Gasteiger partial charge in [0.1, 0.15) is 6.61 Å². The first-order chi connectivity index (χ1) is 12.0. The number of ether oxygens (including phenoxy) is 1. The van der Waals surface area contributed by atoms with Crippen LogP contribution >= 0.6 is 0 Å². The van der Waals surface area contributed by atoms with E-state index in [9.17, 15) is 9.59 Å². The molecule has 2 amide bonds. The Labute approximate surface area is 147 Å². The maximum atomic E-state index is 12.3. The van der Waals surface area contributed by atoms with Crippen LogP contribution in [-0.4, -0.2) is 18.0 Å². The zero-order valence-corrected chi connectivity index (χ0v) is 14.4. The van der Waals surface area contributed by atoms with Crippen LogP contribution in [0.25, 0.3) is 0 Å². The largest absolute Gasteiger partial charge is 0.445 e. The van der Waals surface area contributed by atoms with Gasteiger partial charge in [0.05, 0.1) is 17.5 Å². The zero-order valence-electron chi connectivity index (χ0n) is 14.4. The smallest absolute Gasteiger partial charge is 0.407 e. The molecular formula is C20H22N2O3. The van der Waals surface area contributed by atoms with Gasteiger partial charge in [-0.25, -0.2) is 4.79 Å². The lowest BCUT2D eigenvalue weighted by molar-refractivity contribution is -0.126. The van der Waals surface area contributed by atoms with Gasteiger partial charge in [-0.05, 0) is 25.0 Å². The van der Waals surface area contributed by atoms with Crippen molar-refractivity contribution >= 4 is 12.0 Å². The minimum atomic E-state index is -0.730. The normalized spacial score (nSPS) is 21.4. The number of nitrogens with one attached hydrogen (secondary N) is 2. The predicted molar refractivity (Wildman–Crippen MR) is 94.7 cm³/mol. The van der Waals surface area contributed by atoms with Gasteiger partial charge in [-0.3, -0.25) is 4.79 Å². The fourth-order valence-electron chi connectivity index (χ4n) is 3.06. The van der Waals surface area contributed by atoms with Crippen molar-refractivity contribution in [3.05, 3.63) is 71.8 Å². The molecule has 0 aliphatic carbocycles. The highest BCUT2D eigenvalue weighted by Crippen LogP contribution is 2.37. The fourth-order valence-corrected chi connectivity index (χ4v) is 3.06. The highest BCUT2D eigenvalue weighted by molar-refractivity contribution is 5.87. The summed E-state index contributed by atoms with van der Waals surface area (Å²) in [6, 6.07) is 18.4. The third-order valence-electron chi connectivity index (χ3n) is 4.63. The summed E-state index contributed by atoms with van der Waals surface area (Å²) in [5.41, 5.74) is 1.14. The highest BCUT2D eigenvalue weighted by atomic mass is 16.5. The second-order valence-corrected chi connectivity index (χ2v) is 6.77. The van der Waals surface area contributed by atoms with Gasteiger partial charge in [-0.2, -0.15) is 0 Å². The number of benzene rings is 2. The van der Waals surface area contributed by atoms with E-state index in [2.05, 4.69) is 10.6 Å². The second-order valence-electron chi connectivity index (χ2n) is 6.77. The summed E-state index contributed by atoms with van der Waals surface area (Å²) in [5.74, 6) is -0.0882. The van der Waals surface area contributed by atoms with Crippen LogP contribution in [0.5, 0.6) is 0 Å². The Morgan fingerprint density at radius 1 is 1.08 bits per heavy atom. The molecule has 130 valence electrons. The van der Waals surface area contributed by atoms with Crippen molar-refractivity contribution in [2.45, 2.75) is 32.5 Å². The van der Waals surface area contributed by atoms with Crippen LogP contribution in [0.2, 0.25) is 0 Å². The summed E-state index contributed by atoms with van der Waals surface area (Å²) in [4.78, 5) is 24.6. The molecule has 2 aromatic carbocycles. The summed E-state index contributed by atoms with van der Waals surface area (Å²) in [7, 11) is 0. The molecule has 3 rings (SSSR count). The standard InChI is InChI=1S/C20H22N2O3/c1-20(2)17(16(21-18(20)23)15-11-7-4-8-12-15)22-19(24)25-13-14-9-5-3-6-10-14/h3-12,16-17H,13H2,1-2H3,(H,21,23)(H,22,24)/t16-,17-/m0/s1. The molecule has 0 saturated carbocycles. The lowest BCUT2D eigenvalue weighted by Gasteiger charge is -2.28. The Balaban J connectivity index is 1.71. The topological polar surface area (TPSA) is 67.4 Å². The number of rotatable bonds is 4. The van der Waals surface area contributed by atoms with Crippen molar-refractivity contribution in [3.8, 4) is 0 Å². The van der Waals surface area contributed by atoms with E-state index in [-0.39, 0.29) is 18.6 Å². The lowest BCUT2D eigenvalue weighted by atomic mass is 9.82. The molecule has 0 aromatic heterocycles. The molecular weight excluding hydrogens is 316 g/mol. The summed E-state index contributed by atoms with van der Waals surface area (Å²) in [6.45, 7) is 3.85. The number of hydrogen-bond acceptors (Lipinski definition) is 3. The van der Waals surface area contributed by atoms with Crippen molar-refractivity contribution < 1.29 is 14.3 Å². The van der Waals surface area contributed by atoms with E-state index in [0.29, 0.717) is 0 Å². The third-order valence-corrected chi connectivity index (χ3v) is 4.63. The number of carbonyl (C=O) groups is 2. The molecule has 5 nitrogen and oxygen atoms in total. The van der Waals surface area contributed by atoms with E-state index in [1.54, 1.807) is 0 Å². The van der Waals surface area contributed by atoms with Gasteiger partial charge in [0.2, 0.25) is 5.91 Å². The van der Waals surface area contributed by atoms with Crippen LogP contribution in [0.15, 0.2) is 60.7 Å². The monoisotopic (exact) mass is 338 g/mol. The Morgan fingerprint density at radius 2 is 1.68 bits per heavy atom.